The Bertz CT molecular complexity index is 1320. The van der Waals surface area contributed by atoms with Gasteiger partial charge in [0.25, 0.3) is 0 Å². The number of aromatic carboxylic acids is 1. The lowest BCUT2D eigenvalue weighted by molar-refractivity contribution is 0.0696. The molecule has 33 heavy (non-hydrogen) atoms. The highest BCUT2D eigenvalue weighted by atomic mass is 16.5. The van der Waals surface area contributed by atoms with Gasteiger partial charge in [-0.3, -0.25) is 4.79 Å². The van der Waals surface area contributed by atoms with Crippen molar-refractivity contribution in [1.82, 2.24) is 5.43 Å². The van der Waals surface area contributed by atoms with Crippen LogP contribution in [0.15, 0.2) is 82.3 Å². The number of methoxy groups -OCH3 is 1. The van der Waals surface area contributed by atoms with Crippen LogP contribution in [0.2, 0.25) is 0 Å². The maximum atomic E-state index is 12.3. The first-order chi connectivity index (χ1) is 16.0. The third kappa shape index (κ3) is 5.19. The minimum atomic E-state index is -0.979. The molecule has 1 aromatic heterocycles. The molecule has 0 atom stereocenters. The normalized spacial score (nSPS) is 10.9. The fourth-order valence-electron chi connectivity index (χ4n) is 3.14. The zero-order chi connectivity index (χ0) is 23.2. The number of carbonyl (C=O) groups is 2. The number of para-hydroxylation sites is 1. The minimum absolute atomic E-state index is 0.127. The van der Waals surface area contributed by atoms with Crippen molar-refractivity contribution < 1.29 is 28.6 Å². The van der Waals surface area contributed by atoms with Gasteiger partial charge in [-0.25, -0.2) is 10.2 Å². The summed E-state index contributed by atoms with van der Waals surface area (Å²) < 4.78 is 16.5. The molecular weight excluding hydrogens is 424 g/mol. The molecule has 3 aromatic carbocycles. The number of hydrazone groups is 1. The molecule has 0 saturated heterocycles. The van der Waals surface area contributed by atoms with Crippen LogP contribution in [0.1, 0.15) is 32.0 Å². The number of nitrogens with zero attached hydrogens (tertiary/aromatic N) is 1. The number of rotatable bonds is 8. The Kier molecular flexibility index (Phi) is 6.36. The van der Waals surface area contributed by atoms with Crippen LogP contribution >= 0.6 is 0 Å². The number of ether oxygens (including phenoxy) is 2. The highest BCUT2D eigenvalue weighted by Crippen LogP contribution is 2.28. The number of benzene rings is 3. The van der Waals surface area contributed by atoms with Crippen molar-refractivity contribution in [3.05, 3.63) is 95.2 Å². The van der Waals surface area contributed by atoms with Gasteiger partial charge in [0.05, 0.1) is 18.9 Å². The van der Waals surface area contributed by atoms with Crippen molar-refractivity contribution in [3.8, 4) is 11.5 Å². The summed E-state index contributed by atoms with van der Waals surface area (Å²) in [6, 6.07) is 20.7. The van der Waals surface area contributed by atoms with Crippen molar-refractivity contribution in [3.63, 3.8) is 0 Å². The first kappa shape index (κ1) is 21.6. The number of carboxylic acid groups (broad SMARTS) is 1. The van der Waals surface area contributed by atoms with Gasteiger partial charge in [-0.1, -0.05) is 24.3 Å². The number of hydrogen-bond acceptors (Lipinski definition) is 6. The summed E-state index contributed by atoms with van der Waals surface area (Å²) >= 11 is 0. The van der Waals surface area contributed by atoms with Gasteiger partial charge < -0.3 is 19.0 Å². The van der Waals surface area contributed by atoms with Crippen LogP contribution in [0, 0.1) is 0 Å². The van der Waals surface area contributed by atoms with Crippen molar-refractivity contribution in [2.45, 2.75) is 6.61 Å². The van der Waals surface area contributed by atoms with Gasteiger partial charge in [0, 0.05) is 5.39 Å². The van der Waals surface area contributed by atoms with Gasteiger partial charge in [-0.15, -0.1) is 0 Å². The lowest BCUT2D eigenvalue weighted by Gasteiger charge is -2.07. The van der Waals surface area contributed by atoms with E-state index in [-0.39, 0.29) is 17.9 Å². The predicted molar refractivity (Wildman–Crippen MR) is 122 cm³/mol. The predicted octanol–water partition coefficient (Wildman–Crippen LogP) is 4.48. The molecule has 4 rings (SSSR count). The van der Waals surface area contributed by atoms with Crippen molar-refractivity contribution in [2.24, 2.45) is 5.10 Å². The van der Waals surface area contributed by atoms with Gasteiger partial charge in [0.2, 0.25) is 0 Å². The summed E-state index contributed by atoms with van der Waals surface area (Å²) in [5.41, 5.74) is 4.66. The molecule has 0 radical (unpaired) electrons. The second-order valence-electron chi connectivity index (χ2n) is 7.05. The molecule has 2 N–H and O–H groups in total. The summed E-state index contributed by atoms with van der Waals surface area (Å²) in [6.07, 6.45) is 1.50. The smallest absolute Gasteiger partial charge is 0.335 e. The first-order valence-electron chi connectivity index (χ1n) is 9.98. The van der Waals surface area contributed by atoms with E-state index in [0.29, 0.717) is 17.1 Å². The van der Waals surface area contributed by atoms with Crippen LogP contribution in [-0.4, -0.2) is 30.3 Å². The number of amides is 1. The van der Waals surface area contributed by atoms with Crippen LogP contribution in [0.25, 0.3) is 11.0 Å². The number of carbonyl (C=O) groups excluding carboxylic acids is 1. The largest absolute Gasteiger partial charge is 0.493 e. The van der Waals surface area contributed by atoms with Crippen molar-refractivity contribution >= 4 is 29.1 Å². The van der Waals surface area contributed by atoms with E-state index in [0.717, 1.165) is 16.5 Å². The Morgan fingerprint density at radius 1 is 1.06 bits per heavy atom. The molecule has 166 valence electrons. The maximum Gasteiger partial charge on any atom is 0.335 e. The molecule has 0 bridgehead atoms. The van der Waals surface area contributed by atoms with E-state index in [1.165, 1.54) is 19.4 Å². The SMILES string of the molecule is COc1cccc2cc(C(=O)N/N=C\c3ccc(OCc4cccc(C(=O)O)c4)cc3)oc12. The van der Waals surface area contributed by atoms with Crippen LogP contribution in [-0.2, 0) is 6.61 Å². The molecule has 8 heteroatoms. The molecule has 0 aliphatic rings. The number of hydrogen-bond donors (Lipinski definition) is 2. The standard InChI is InChI=1S/C25H20N2O6/c1-31-21-7-3-5-18-13-22(33-23(18)21)24(28)27-26-14-16-8-10-20(11-9-16)32-15-17-4-2-6-19(12-17)25(29)30/h2-14H,15H2,1H3,(H,27,28)(H,29,30)/b26-14-. The number of fused-ring (bicyclic) bond motifs is 1. The fourth-order valence-corrected chi connectivity index (χ4v) is 3.14. The Balaban J connectivity index is 1.33. The Morgan fingerprint density at radius 2 is 1.85 bits per heavy atom. The summed E-state index contributed by atoms with van der Waals surface area (Å²) in [6.45, 7) is 0.243. The first-order valence-corrected chi connectivity index (χ1v) is 9.98. The number of nitrogens with one attached hydrogen (secondary N) is 1. The fraction of sp³-hybridized carbons (Fsp3) is 0.0800. The van der Waals surface area contributed by atoms with Crippen LogP contribution in [0.5, 0.6) is 11.5 Å². The molecule has 0 aliphatic carbocycles. The summed E-state index contributed by atoms with van der Waals surface area (Å²) in [5, 5.41) is 13.8. The molecule has 0 unspecified atom stereocenters. The van der Waals surface area contributed by atoms with Crippen molar-refractivity contribution in [2.75, 3.05) is 7.11 Å². The van der Waals surface area contributed by atoms with Crippen LogP contribution in [0.3, 0.4) is 0 Å². The molecule has 4 aromatic rings. The Hall–Kier alpha value is -4.59. The molecular formula is C25H20N2O6. The molecule has 0 fully saturated rings. The zero-order valence-corrected chi connectivity index (χ0v) is 17.6. The summed E-state index contributed by atoms with van der Waals surface area (Å²) in [5.74, 6) is -0.164. The average molecular weight is 444 g/mol. The van der Waals surface area contributed by atoms with E-state index < -0.39 is 11.9 Å². The van der Waals surface area contributed by atoms with Gasteiger partial charge in [0.15, 0.2) is 17.1 Å². The van der Waals surface area contributed by atoms with Gasteiger partial charge in [-0.2, -0.15) is 5.10 Å². The Labute approximate surface area is 189 Å². The minimum Gasteiger partial charge on any atom is -0.493 e. The van der Waals surface area contributed by atoms with Gasteiger partial charge in [0.1, 0.15) is 12.4 Å². The van der Waals surface area contributed by atoms with Crippen molar-refractivity contribution in [1.29, 1.82) is 0 Å². The van der Waals surface area contributed by atoms with E-state index in [1.54, 1.807) is 54.6 Å². The van der Waals surface area contributed by atoms with E-state index >= 15 is 0 Å². The average Bonchev–Trinajstić information content (AvgIpc) is 3.28. The van der Waals surface area contributed by atoms with Crippen LogP contribution < -0.4 is 14.9 Å². The van der Waals surface area contributed by atoms with Gasteiger partial charge >= 0.3 is 11.9 Å². The molecule has 1 heterocycles. The second kappa shape index (κ2) is 9.69. The molecule has 8 nitrogen and oxygen atoms in total. The van der Waals surface area contributed by atoms with Gasteiger partial charge in [-0.05, 0) is 59.7 Å². The van der Waals surface area contributed by atoms with E-state index in [4.69, 9.17) is 19.0 Å². The monoisotopic (exact) mass is 444 g/mol. The number of furan rings is 1. The number of carboxylic acids is 1. The van der Waals surface area contributed by atoms with E-state index in [1.807, 2.05) is 12.1 Å². The molecule has 0 saturated carbocycles. The third-order valence-corrected chi connectivity index (χ3v) is 4.79. The quantitative estimate of drug-likeness (QED) is 0.306. The molecule has 0 aliphatic heterocycles. The zero-order valence-electron chi connectivity index (χ0n) is 17.6. The van der Waals surface area contributed by atoms with E-state index in [2.05, 4.69) is 10.5 Å². The summed E-state index contributed by atoms with van der Waals surface area (Å²) in [4.78, 5) is 23.4. The Morgan fingerprint density at radius 3 is 2.61 bits per heavy atom. The van der Waals surface area contributed by atoms with Crippen LogP contribution in [0.4, 0.5) is 0 Å². The highest BCUT2D eigenvalue weighted by molar-refractivity contribution is 5.97. The maximum absolute atomic E-state index is 12.3. The lowest BCUT2D eigenvalue weighted by Crippen LogP contribution is -2.16. The third-order valence-electron chi connectivity index (χ3n) is 4.79. The molecule has 1 amide bonds. The topological polar surface area (TPSA) is 110 Å². The highest BCUT2D eigenvalue weighted by Gasteiger charge is 2.14. The lowest BCUT2D eigenvalue weighted by atomic mass is 10.1. The second-order valence-corrected chi connectivity index (χ2v) is 7.05. The molecule has 0 spiro atoms. The van der Waals surface area contributed by atoms with E-state index in [9.17, 15) is 9.59 Å². The summed E-state index contributed by atoms with van der Waals surface area (Å²) in [7, 11) is 1.54.